The molecule has 25 heavy (non-hydrogen) atoms. The molecule has 0 spiro atoms. The molecule has 0 aliphatic rings. The lowest BCUT2D eigenvalue weighted by Crippen LogP contribution is -2.09. The van der Waals surface area contributed by atoms with E-state index < -0.39 is 0 Å². The largest absolute Gasteiger partial charge is 0.492 e. The number of benzene rings is 1. The summed E-state index contributed by atoms with van der Waals surface area (Å²) in [6, 6.07) is 7.32. The molecular formula is C18H18N4O2S. The summed E-state index contributed by atoms with van der Waals surface area (Å²) in [5, 5.41) is 5.70. The maximum absolute atomic E-state index is 12.0. The number of nitrogens with zero attached hydrogens (tertiary/aromatic N) is 3. The van der Waals surface area contributed by atoms with Gasteiger partial charge in [0.15, 0.2) is 0 Å². The van der Waals surface area contributed by atoms with Gasteiger partial charge in [-0.2, -0.15) is 0 Å². The number of amides is 1. The number of rotatable bonds is 7. The molecule has 0 fully saturated rings. The summed E-state index contributed by atoms with van der Waals surface area (Å²) in [6.07, 6.45) is 8.54. The van der Waals surface area contributed by atoms with Gasteiger partial charge < -0.3 is 14.6 Å². The van der Waals surface area contributed by atoms with Gasteiger partial charge in [-0.05, 0) is 25.1 Å². The van der Waals surface area contributed by atoms with E-state index in [0.29, 0.717) is 24.6 Å². The number of hydrogen-bond acceptors (Lipinski definition) is 5. The minimum atomic E-state index is -0.207. The molecule has 2 heterocycles. The SMILES string of the molecule is Cc1nc(/C=C/C(=O)Nc2cccc(OCCn3ccnc3)c2)cs1. The third-order valence-corrected chi connectivity index (χ3v) is 4.11. The fourth-order valence-electron chi connectivity index (χ4n) is 2.15. The van der Waals surface area contributed by atoms with Crippen molar-refractivity contribution in [3.63, 3.8) is 0 Å². The van der Waals surface area contributed by atoms with E-state index in [-0.39, 0.29) is 5.91 Å². The monoisotopic (exact) mass is 354 g/mol. The Morgan fingerprint density at radius 2 is 2.36 bits per heavy atom. The van der Waals surface area contributed by atoms with E-state index in [0.717, 1.165) is 10.7 Å². The third-order valence-electron chi connectivity index (χ3n) is 3.32. The number of thiazole rings is 1. The van der Waals surface area contributed by atoms with Crippen molar-refractivity contribution in [1.29, 1.82) is 0 Å². The number of nitrogens with one attached hydrogen (secondary N) is 1. The van der Waals surface area contributed by atoms with Crippen molar-refractivity contribution in [3.05, 3.63) is 65.1 Å². The van der Waals surface area contributed by atoms with E-state index in [9.17, 15) is 4.79 Å². The first-order valence-electron chi connectivity index (χ1n) is 7.79. The van der Waals surface area contributed by atoms with Crippen molar-refractivity contribution in [3.8, 4) is 5.75 Å². The lowest BCUT2D eigenvalue weighted by Gasteiger charge is -2.08. The van der Waals surface area contributed by atoms with E-state index in [1.807, 2.05) is 41.3 Å². The molecule has 3 aromatic rings. The van der Waals surface area contributed by atoms with Gasteiger partial charge in [-0.15, -0.1) is 11.3 Å². The Morgan fingerprint density at radius 3 is 3.12 bits per heavy atom. The maximum atomic E-state index is 12.0. The molecule has 6 nitrogen and oxygen atoms in total. The van der Waals surface area contributed by atoms with E-state index >= 15 is 0 Å². The molecule has 1 N–H and O–H groups in total. The second-order valence-corrected chi connectivity index (χ2v) is 6.35. The van der Waals surface area contributed by atoms with Gasteiger partial charge in [0.25, 0.3) is 0 Å². The van der Waals surface area contributed by atoms with Crippen LogP contribution in [0.1, 0.15) is 10.7 Å². The summed E-state index contributed by atoms with van der Waals surface area (Å²) in [6.45, 7) is 3.17. The second-order valence-electron chi connectivity index (χ2n) is 5.29. The number of anilines is 1. The molecule has 0 atom stereocenters. The molecule has 128 valence electrons. The highest BCUT2D eigenvalue weighted by atomic mass is 32.1. The lowest BCUT2D eigenvalue weighted by molar-refractivity contribution is -0.111. The van der Waals surface area contributed by atoms with Crippen molar-refractivity contribution in [2.24, 2.45) is 0 Å². The lowest BCUT2D eigenvalue weighted by atomic mass is 10.3. The summed E-state index contributed by atoms with van der Waals surface area (Å²) in [5.41, 5.74) is 1.47. The third kappa shape index (κ3) is 5.29. The Bertz CT molecular complexity index is 856. The van der Waals surface area contributed by atoms with E-state index in [4.69, 9.17) is 4.74 Å². The van der Waals surface area contributed by atoms with Crippen LogP contribution in [0, 0.1) is 6.92 Å². The highest BCUT2D eigenvalue weighted by molar-refractivity contribution is 7.09. The number of carbonyl (C=O) groups excluding carboxylic acids is 1. The highest BCUT2D eigenvalue weighted by Crippen LogP contribution is 2.17. The number of aryl methyl sites for hydroxylation is 1. The molecule has 0 aliphatic heterocycles. The first-order valence-corrected chi connectivity index (χ1v) is 8.67. The van der Waals surface area contributed by atoms with Gasteiger partial charge in [0, 0.05) is 35.6 Å². The fourth-order valence-corrected chi connectivity index (χ4v) is 2.73. The summed E-state index contributed by atoms with van der Waals surface area (Å²) in [7, 11) is 0. The van der Waals surface area contributed by atoms with Crippen LogP contribution in [0.15, 0.2) is 54.4 Å². The van der Waals surface area contributed by atoms with Crippen LogP contribution in [-0.2, 0) is 11.3 Å². The Kier molecular flexibility index (Phi) is 5.58. The molecule has 0 unspecified atom stereocenters. The van der Waals surface area contributed by atoms with Crippen molar-refractivity contribution >= 4 is 29.0 Å². The van der Waals surface area contributed by atoms with Crippen LogP contribution in [0.25, 0.3) is 6.08 Å². The predicted molar refractivity (Wildman–Crippen MR) is 98.7 cm³/mol. The average Bonchev–Trinajstić information content (AvgIpc) is 3.25. The maximum Gasteiger partial charge on any atom is 0.248 e. The molecule has 0 saturated carbocycles. The number of ether oxygens (including phenoxy) is 1. The van der Waals surface area contributed by atoms with Crippen LogP contribution >= 0.6 is 11.3 Å². The summed E-state index contributed by atoms with van der Waals surface area (Å²) < 4.78 is 7.65. The molecule has 0 aliphatic carbocycles. The molecule has 1 amide bonds. The van der Waals surface area contributed by atoms with Crippen molar-refractivity contribution in [2.75, 3.05) is 11.9 Å². The molecule has 7 heteroatoms. The van der Waals surface area contributed by atoms with E-state index in [1.54, 1.807) is 36.0 Å². The minimum absolute atomic E-state index is 0.207. The average molecular weight is 354 g/mol. The van der Waals surface area contributed by atoms with Gasteiger partial charge in [0.2, 0.25) is 5.91 Å². The Morgan fingerprint density at radius 1 is 1.44 bits per heavy atom. The molecule has 0 saturated heterocycles. The Labute approximate surface area is 149 Å². The highest BCUT2D eigenvalue weighted by Gasteiger charge is 2.01. The van der Waals surface area contributed by atoms with Gasteiger partial charge in [0.05, 0.1) is 23.6 Å². The Hall–Kier alpha value is -2.93. The zero-order valence-corrected chi connectivity index (χ0v) is 14.6. The minimum Gasteiger partial charge on any atom is -0.492 e. The first kappa shape index (κ1) is 16.9. The molecule has 0 bridgehead atoms. The van der Waals surface area contributed by atoms with Crippen molar-refractivity contribution in [1.82, 2.24) is 14.5 Å². The zero-order chi connectivity index (χ0) is 17.5. The molecule has 0 radical (unpaired) electrons. The molecular weight excluding hydrogens is 336 g/mol. The van der Waals surface area contributed by atoms with Crippen molar-refractivity contribution < 1.29 is 9.53 Å². The zero-order valence-electron chi connectivity index (χ0n) is 13.8. The standard InChI is InChI=1S/C18H18N4O2S/c1-14-20-16(12-25-14)5-6-18(23)21-15-3-2-4-17(11-15)24-10-9-22-8-7-19-13-22/h2-8,11-13H,9-10H2,1H3,(H,21,23)/b6-5+. The Balaban J connectivity index is 1.52. The number of carbonyl (C=O) groups is 1. The van der Waals surface area contributed by atoms with E-state index in [1.165, 1.54) is 6.08 Å². The topological polar surface area (TPSA) is 69.0 Å². The summed E-state index contributed by atoms with van der Waals surface area (Å²) >= 11 is 1.55. The van der Waals surface area contributed by atoms with Crippen LogP contribution < -0.4 is 10.1 Å². The quantitative estimate of drug-likeness (QED) is 0.661. The number of aromatic nitrogens is 3. The normalized spacial score (nSPS) is 10.9. The first-order chi connectivity index (χ1) is 12.2. The molecule has 1 aromatic carbocycles. The number of hydrogen-bond donors (Lipinski definition) is 1. The van der Waals surface area contributed by atoms with Gasteiger partial charge in [-0.3, -0.25) is 4.79 Å². The summed E-state index contributed by atoms with van der Waals surface area (Å²) in [4.78, 5) is 20.3. The van der Waals surface area contributed by atoms with Gasteiger partial charge >= 0.3 is 0 Å². The number of imidazole rings is 1. The summed E-state index contributed by atoms with van der Waals surface area (Å²) in [5.74, 6) is 0.498. The van der Waals surface area contributed by atoms with Crippen LogP contribution in [0.5, 0.6) is 5.75 Å². The van der Waals surface area contributed by atoms with Crippen LogP contribution in [0.3, 0.4) is 0 Å². The molecule has 2 aromatic heterocycles. The van der Waals surface area contributed by atoms with Crippen LogP contribution in [-0.4, -0.2) is 27.0 Å². The smallest absolute Gasteiger partial charge is 0.248 e. The predicted octanol–water partition coefficient (Wildman–Crippen LogP) is 3.38. The van der Waals surface area contributed by atoms with Gasteiger partial charge in [0.1, 0.15) is 12.4 Å². The fraction of sp³-hybridized carbons (Fsp3) is 0.167. The van der Waals surface area contributed by atoms with Crippen LogP contribution in [0.2, 0.25) is 0 Å². The second kappa shape index (κ2) is 8.25. The van der Waals surface area contributed by atoms with E-state index in [2.05, 4.69) is 15.3 Å². The van der Waals surface area contributed by atoms with Crippen molar-refractivity contribution in [2.45, 2.75) is 13.5 Å². The van der Waals surface area contributed by atoms with Gasteiger partial charge in [-0.1, -0.05) is 6.07 Å². The molecule has 3 rings (SSSR count). The van der Waals surface area contributed by atoms with Gasteiger partial charge in [-0.25, -0.2) is 9.97 Å². The van der Waals surface area contributed by atoms with Crippen LogP contribution in [0.4, 0.5) is 5.69 Å².